The number of benzene rings is 2. The molecule has 242 valence electrons. The number of amides is 3. The summed E-state index contributed by atoms with van der Waals surface area (Å²) >= 11 is 5.81. The van der Waals surface area contributed by atoms with E-state index in [0.29, 0.717) is 57.6 Å². The number of nitrogens with zero attached hydrogens (tertiary/aromatic N) is 2. The number of carbonyl (C=O) groups excluding carboxylic acids is 3. The zero-order valence-electron chi connectivity index (χ0n) is 25.0. The molecule has 6 N–H and O–H groups in total. The molecule has 0 atom stereocenters. The van der Waals surface area contributed by atoms with Crippen molar-refractivity contribution in [1.82, 2.24) is 21.0 Å². The van der Waals surface area contributed by atoms with Crippen molar-refractivity contribution in [3.05, 3.63) is 97.0 Å². The summed E-state index contributed by atoms with van der Waals surface area (Å²) in [5, 5.41) is 40.5. The summed E-state index contributed by atoms with van der Waals surface area (Å²) in [7, 11) is 0. The van der Waals surface area contributed by atoms with E-state index >= 15 is 0 Å². The first-order chi connectivity index (χ1) is 22.2. The first-order valence-corrected chi connectivity index (χ1v) is 16.8. The van der Waals surface area contributed by atoms with Crippen LogP contribution in [0.1, 0.15) is 47.8 Å². The molecule has 0 saturated carbocycles. The fourth-order valence-corrected chi connectivity index (χ4v) is 6.43. The molecule has 0 aliphatic carbocycles. The van der Waals surface area contributed by atoms with Gasteiger partial charge in [0.2, 0.25) is 0 Å². The van der Waals surface area contributed by atoms with Gasteiger partial charge in [-0.05, 0) is 54.4 Å². The van der Waals surface area contributed by atoms with Gasteiger partial charge in [-0.2, -0.15) is 5.10 Å². The molecule has 11 nitrogen and oxygen atoms in total. The molecule has 2 aromatic carbocycles. The van der Waals surface area contributed by atoms with Crippen LogP contribution in [0.5, 0.6) is 5.75 Å². The number of hydrazone groups is 1. The maximum atomic E-state index is 12.7. The highest BCUT2D eigenvalue weighted by molar-refractivity contribution is 9.10. The minimum Gasteiger partial charge on any atom is -0.506 e. The lowest BCUT2D eigenvalue weighted by Gasteiger charge is -2.20. The molecule has 0 radical (unpaired) electrons. The summed E-state index contributed by atoms with van der Waals surface area (Å²) in [5.74, 6) is -0.975. The Morgan fingerprint density at radius 3 is 2.15 bits per heavy atom. The number of hydrogen-bond donors (Lipinski definition) is 6. The van der Waals surface area contributed by atoms with Crippen LogP contribution in [0.2, 0.25) is 0 Å². The van der Waals surface area contributed by atoms with E-state index in [-0.39, 0.29) is 37.3 Å². The van der Waals surface area contributed by atoms with E-state index in [2.05, 4.69) is 37.1 Å². The summed E-state index contributed by atoms with van der Waals surface area (Å²) < 4.78 is 0.937. The number of hydrogen-bond acceptors (Lipinski definition) is 10. The largest absolute Gasteiger partial charge is 0.506 e. The maximum absolute atomic E-state index is 12.7. The molecule has 0 bridgehead atoms. The van der Waals surface area contributed by atoms with Crippen molar-refractivity contribution in [2.45, 2.75) is 13.5 Å². The van der Waals surface area contributed by atoms with E-state index in [0.717, 1.165) is 26.9 Å². The average molecular weight is 729 g/mol. The van der Waals surface area contributed by atoms with Crippen LogP contribution in [0.25, 0.3) is 10.4 Å². The van der Waals surface area contributed by atoms with E-state index in [4.69, 9.17) is 10.2 Å². The van der Waals surface area contributed by atoms with Gasteiger partial charge in [0.15, 0.2) is 0 Å². The van der Waals surface area contributed by atoms with Crippen molar-refractivity contribution in [1.29, 1.82) is 0 Å². The first-order valence-electron chi connectivity index (χ1n) is 14.3. The number of aliphatic hydroxyl groups excluding tert-OH is 2. The minimum atomic E-state index is -0.477. The average Bonchev–Trinajstić information content (AvgIpc) is 3.71. The quantitative estimate of drug-likeness (QED) is 0.0795. The Hall–Kier alpha value is -3.92. The third-order valence-electron chi connectivity index (χ3n) is 6.85. The van der Waals surface area contributed by atoms with Gasteiger partial charge in [-0.25, -0.2) is 5.43 Å². The van der Waals surface area contributed by atoms with Crippen molar-refractivity contribution in [2.24, 2.45) is 5.10 Å². The molecular weight excluding hydrogens is 694 g/mol. The van der Waals surface area contributed by atoms with E-state index in [1.807, 2.05) is 29.2 Å². The molecule has 0 fully saturated rings. The topological polar surface area (TPSA) is 164 Å². The van der Waals surface area contributed by atoms with Crippen molar-refractivity contribution in [2.75, 3.05) is 39.4 Å². The highest BCUT2D eigenvalue weighted by Crippen LogP contribution is 2.39. The number of aliphatic hydroxyl groups is 2. The van der Waals surface area contributed by atoms with Gasteiger partial charge in [-0.15, -0.1) is 22.7 Å². The van der Waals surface area contributed by atoms with Crippen molar-refractivity contribution >= 4 is 62.0 Å². The predicted molar refractivity (Wildman–Crippen MR) is 184 cm³/mol. The highest BCUT2D eigenvalue weighted by atomic mass is 79.9. The number of nitrogens with one attached hydrogen (secondary N) is 3. The number of halogens is 1. The van der Waals surface area contributed by atoms with Gasteiger partial charge in [-0.3, -0.25) is 19.3 Å². The maximum Gasteiger partial charge on any atom is 0.281 e. The smallest absolute Gasteiger partial charge is 0.281 e. The second-order valence-electron chi connectivity index (χ2n) is 10.1. The lowest BCUT2D eigenvalue weighted by atomic mass is 10.1. The Bertz CT molecular complexity index is 1660. The third-order valence-corrected chi connectivity index (χ3v) is 9.48. The lowest BCUT2D eigenvalue weighted by Crippen LogP contribution is -2.37. The van der Waals surface area contributed by atoms with E-state index in [1.54, 1.807) is 48.7 Å². The van der Waals surface area contributed by atoms with Gasteiger partial charge in [0.1, 0.15) is 5.75 Å². The van der Waals surface area contributed by atoms with Gasteiger partial charge >= 0.3 is 0 Å². The molecule has 4 aromatic rings. The molecule has 3 amide bonds. The molecule has 14 heteroatoms. The molecular formula is C32H34BrN5O6S2. The number of carbonyl (C=O) groups is 3. The van der Waals surface area contributed by atoms with Crippen molar-refractivity contribution in [3.63, 3.8) is 0 Å². The summed E-state index contributed by atoms with van der Waals surface area (Å²) in [4.78, 5) is 41.1. The van der Waals surface area contributed by atoms with Crippen LogP contribution in [0.15, 0.2) is 75.6 Å². The molecule has 0 aliphatic heterocycles. The molecule has 0 aliphatic rings. The van der Waals surface area contributed by atoms with Gasteiger partial charge in [-0.1, -0.05) is 40.2 Å². The summed E-state index contributed by atoms with van der Waals surface area (Å²) in [5.41, 5.74) is 5.58. The molecule has 4 rings (SSSR count). The van der Waals surface area contributed by atoms with E-state index in [9.17, 15) is 19.5 Å². The Kier molecular flexibility index (Phi) is 13.0. The lowest BCUT2D eigenvalue weighted by molar-refractivity contribution is 0.0937. The summed E-state index contributed by atoms with van der Waals surface area (Å²) in [6.07, 6.45) is 0. The standard InChI is InChI=1S/C32H34BrN5O6S2/c1-20(25-19-45-29(28(25)41)22-6-8-24(33)9-7-22)36-37-32(44)27-11-10-26(46-27)31(43)35-18-21-2-4-23(5-3-21)30(42)34-12-13-38(14-16-39)15-17-40/h2-11,19,39-41H,12-18H2,1H3,(H,34,42)(H,35,43)(H,37,44)/b36-20+. The Morgan fingerprint density at radius 2 is 1.50 bits per heavy atom. The van der Waals surface area contributed by atoms with Gasteiger partial charge in [0.05, 0.1) is 39.1 Å². The SMILES string of the molecule is C/C(=N\NC(=O)c1ccc(C(=O)NCc2ccc(C(=O)NCCN(CCO)CCO)cc2)s1)c1csc(-c2ccc(Br)cc2)c1O. The highest BCUT2D eigenvalue weighted by Gasteiger charge is 2.17. The molecule has 2 aromatic heterocycles. The second-order valence-corrected chi connectivity index (χ2v) is 12.9. The predicted octanol–water partition coefficient (Wildman–Crippen LogP) is 4.05. The normalized spacial score (nSPS) is 11.5. The fourth-order valence-electron chi connectivity index (χ4n) is 4.34. The molecule has 0 saturated heterocycles. The third kappa shape index (κ3) is 9.55. The van der Waals surface area contributed by atoms with Crippen LogP contribution >= 0.6 is 38.6 Å². The second kappa shape index (κ2) is 17.1. The number of rotatable bonds is 15. The fraction of sp³-hybridized carbons (Fsp3) is 0.250. The van der Waals surface area contributed by atoms with Crippen LogP contribution in [-0.4, -0.2) is 83.0 Å². The van der Waals surface area contributed by atoms with Gasteiger partial charge in [0, 0.05) is 48.1 Å². The van der Waals surface area contributed by atoms with E-state index in [1.165, 1.54) is 11.3 Å². The van der Waals surface area contributed by atoms with Crippen molar-refractivity contribution in [3.8, 4) is 16.2 Å². The van der Waals surface area contributed by atoms with Crippen LogP contribution in [0.3, 0.4) is 0 Å². The van der Waals surface area contributed by atoms with Crippen LogP contribution in [-0.2, 0) is 6.54 Å². The number of aromatic hydroxyl groups is 1. The Morgan fingerprint density at radius 1 is 0.848 bits per heavy atom. The number of thiophene rings is 2. The van der Waals surface area contributed by atoms with Crippen LogP contribution < -0.4 is 16.1 Å². The van der Waals surface area contributed by atoms with Crippen LogP contribution in [0, 0.1) is 0 Å². The monoisotopic (exact) mass is 727 g/mol. The summed E-state index contributed by atoms with van der Waals surface area (Å²) in [6, 6.07) is 17.5. The van der Waals surface area contributed by atoms with Crippen molar-refractivity contribution < 1.29 is 29.7 Å². The van der Waals surface area contributed by atoms with Gasteiger partial charge < -0.3 is 26.0 Å². The molecule has 46 heavy (non-hydrogen) atoms. The Balaban J connectivity index is 1.25. The zero-order chi connectivity index (χ0) is 33.1. The summed E-state index contributed by atoms with van der Waals surface area (Å²) in [6.45, 7) is 3.58. The zero-order valence-corrected chi connectivity index (χ0v) is 28.2. The molecule has 0 spiro atoms. The van der Waals surface area contributed by atoms with E-state index < -0.39 is 5.91 Å². The minimum absolute atomic E-state index is 0.0253. The molecule has 2 heterocycles. The van der Waals surface area contributed by atoms with Crippen LogP contribution in [0.4, 0.5) is 0 Å². The Labute approximate surface area is 282 Å². The van der Waals surface area contributed by atoms with Gasteiger partial charge in [0.25, 0.3) is 17.7 Å². The first kappa shape index (κ1) is 34.9. The molecule has 0 unspecified atom stereocenters.